The van der Waals surface area contributed by atoms with Crippen LogP contribution in [-0.4, -0.2) is 0 Å². The van der Waals surface area contributed by atoms with Gasteiger partial charge < -0.3 is 0 Å². The topological polar surface area (TPSA) is 0 Å². The smallest absolute Gasteiger partial charge is 0.226 e. The zero-order valence-corrected chi connectivity index (χ0v) is 10.3. The van der Waals surface area contributed by atoms with Crippen LogP contribution in [0.4, 0.5) is 0 Å². The second-order valence-corrected chi connectivity index (χ2v) is 2.55. The van der Waals surface area contributed by atoms with Gasteiger partial charge in [-0.15, -0.1) is 12.1 Å². The minimum Gasteiger partial charge on any atom is -0.226 e. The van der Waals surface area contributed by atoms with E-state index in [0.29, 0.717) is 0 Å². The molecule has 0 saturated carbocycles. The molecule has 14 heavy (non-hydrogen) atoms. The van der Waals surface area contributed by atoms with Crippen molar-refractivity contribution in [1.82, 2.24) is 0 Å². The molecule has 0 atom stereocenters. The first-order valence-corrected chi connectivity index (χ1v) is 3.90. The van der Waals surface area contributed by atoms with Gasteiger partial charge in [0.25, 0.3) is 0 Å². The zero-order valence-electron chi connectivity index (χ0n) is 7.51. The van der Waals surface area contributed by atoms with E-state index in [9.17, 15) is 0 Å². The fraction of sp³-hybridized carbons (Fsp3) is 0. The molecule has 0 amide bonds. The first kappa shape index (κ1) is 13.6. The second kappa shape index (κ2) is 6.97. The SMILES string of the molecule is [V+2].[V].[c-]1ccccc1-c1[c-]cccc1. The molecule has 2 radical (unpaired) electrons. The summed E-state index contributed by atoms with van der Waals surface area (Å²) in [5, 5.41) is 0. The van der Waals surface area contributed by atoms with E-state index in [-0.39, 0.29) is 37.1 Å². The van der Waals surface area contributed by atoms with Gasteiger partial charge in [0, 0.05) is 18.6 Å². The van der Waals surface area contributed by atoms with Crippen LogP contribution in [0.3, 0.4) is 0 Å². The summed E-state index contributed by atoms with van der Waals surface area (Å²) in [7, 11) is 0. The summed E-state index contributed by atoms with van der Waals surface area (Å²) < 4.78 is 0. The Morgan fingerprint density at radius 3 is 1.43 bits per heavy atom. The zero-order chi connectivity index (χ0) is 8.23. The van der Waals surface area contributed by atoms with Crippen LogP contribution >= 0.6 is 0 Å². The summed E-state index contributed by atoms with van der Waals surface area (Å²) >= 11 is 0. The molecule has 0 aromatic heterocycles. The Morgan fingerprint density at radius 1 is 0.714 bits per heavy atom. The van der Waals surface area contributed by atoms with Crippen molar-refractivity contribution in [2.45, 2.75) is 0 Å². The van der Waals surface area contributed by atoms with E-state index in [1.807, 2.05) is 48.5 Å². The van der Waals surface area contributed by atoms with Gasteiger partial charge >= 0.3 is 18.6 Å². The van der Waals surface area contributed by atoms with E-state index in [2.05, 4.69) is 12.1 Å². The van der Waals surface area contributed by atoms with Gasteiger partial charge in [0.05, 0.1) is 0 Å². The van der Waals surface area contributed by atoms with Crippen LogP contribution in [0.5, 0.6) is 0 Å². The molecule has 2 rings (SSSR count). The molecular weight excluding hydrogens is 246 g/mol. The van der Waals surface area contributed by atoms with Gasteiger partial charge in [-0.25, -0.2) is 11.1 Å². The average molecular weight is 254 g/mol. The Kier molecular flexibility index (Phi) is 6.78. The molecule has 0 aliphatic rings. The molecule has 0 heterocycles. The quantitative estimate of drug-likeness (QED) is 0.686. The molecule has 66 valence electrons. The van der Waals surface area contributed by atoms with Crippen LogP contribution in [0, 0.1) is 12.1 Å². The van der Waals surface area contributed by atoms with Crippen molar-refractivity contribution >= 4 is 0 Å². The normalized spacial score (nSPS) is 8.29. The number of rotatable bonds is 1. The second-order valence-electron chi connectivity index (χ2n) is 2.55. The molecule has 2 heteroatoms. The summed E-state index contributed by atoms with van der Waals surface area (Å²) in [4.78, 5) is 0. The van der Waals surface area contributed by atoms with Gasteiger partial charge in [0.15, 0.2) is 0 Å². The first-order chi connectivity index (χ1) is 5.97. The van der Waals surface area contributed by atoms with Gasteiger partial charge in [-0.1, -0.05) is 0 Å². The van der Waals surface area contributed by atoms with Crippen LogP contribution in [0.1, 0.15) is 0 Å². The molecular formula is C12H8V2. The Hall–Kier alpha value is -0.391. The van der Waals surface area contributed by atoms with Crippen molar-refractivity contribution < 1.29 is 37.1 Å². The Morgan fingerprint density at radius 2 is 1.14 bits per heavy atom. The van der Waals surface area contributed by atoms with Gasteiger partial charge in [0.1, 0.15) is 0 Å². The fourth-order valence-electron chi connectivity index (χ4n) is 1.12. The monoisotopic (exact) mass is 254 g/mol. The molecule has 2 aromatic carbocycles. The van der Waals surface area contributed by atoms with Gasteiger partial charge in [-0.05, 0) is 0 Å². The maximum Gasteiger partial charge on any atom is 2.00 e. The molecule has 0 spiro atoms. The maximum atomic E-state index is 3.15. The summed E-state index contributed by atoms with van der Waals surface area (Å²) in [5.41, 5.74) is 2.19. The third kappa shape index (κ3) is 3.40. The molecule has 0 saturated heterocycles. The number of benzene rings is 2. The van der Waals surface area contributed by atoms with Crippen molar-refractivity contribution in [2.75, 3.05) is 0 Å². The van der Waals surface area contributed by atoms with Crippen LogP contribution in [0.25, 0.3) is 11.1 Å². The standard InChI is InChI=1S/C12H8.2V/c1-3-7-11(8-4-1)12-9-5-2-6-10-12;;/h1-7,9H;;/q-2;;+2. The molecule has 0 nitrogen and oxygen atoms in total. The summed E-state index contributed by atoms with van der Waals surface area (Å²) in [6, 6.07) is 22.1. The van der Waals surface area contributed by atoms with E-state index in [1.54, 1.807) is 0 Å². The van der Waals surface area contributed by atoms with Gasteiger partial charge in [0.2, 0.25) is 0 Å². The van der Waals surface area contributed by atoms with Crippen LogP contribution in [0.15, 0.2) is 48.5 Å². The number of hydrogen-bond donors (Lipinski definition) is 0. The molecule has 0 aliphatic carbocycles. The largest absolute Gasteiger partial charge is 2.00 e. The third-order valence-electron chi connectivity index (χ3n) is 1.71. The van der Waals surface area contributed by atoms with Crippen molar-refractivity contribution in [3.63, 3.8) is 0 Å². The van der Waals surface area contributed by atoms with Crippen molar-refractivity contribution in [3.05, 3.63) is 60.7 Å². The minimum atomic E-state index is 0. The van der Waals surface area contributed by atoms with Crippen LogP contribution < -0.4 is 0 Å². The summed E-state index contributed by atoms with van der Waals surface area (Å²) in [5.74, 6) is 0. The first-order valence-electron chi connectivity index (χ1n) is 3.90. The van der Waals surface area contributed by atoms with E-state index < -0.39 is 0 Å². The molecule has 0 bridgehead atoms. The Bertz CT molecular complexity index is 306. The Labute approximate surface area is 109 Å². The van der Waals surface area contributed by atoms with E-state index in [4.69, 9.17) is 0 Å². The molecule has 0 N–H and O–H groups in total. The van der Waals surface area contributed by atoms with Gasteiger partial charge in [-0.2, -0.15) is 48.5 Å². The molecule has 0 unspecified atom stereocenters. The summed E-state index contributed by atoms with van der Waals surface area (Å²) in [6.45, 7) is 0. The Balaban J connectivity index is 0.000000845. The molecule has 0 aliphatic heterocycles. The third-order valence-corrected chi connectivity index (χ3v) is 1.71. The van der Waals surface area contributed by atoms with Gasteiger partial charge in [-0.3, -0.25) is 0 Å². The molecule has 2 aromatic rings. The van der Waals surface area contributed by atoms with Crippen LogP contribution in [-0.2, 0) is 37.1 Å². The van der Waals surface area contributed by atoms with Crippen molar-refractivity contribution in [2.24, 2.45) is 0 Å². The van der Waals surface area contributed by atoms with E-state index in [1.165, 1.54) is 0 Å². The number of hydrogen-bond acceptors (Lipinski definition) is 0. The molecule has 0 fully saturated rings. The fourth-order valence-corrected chi connectivity index (χ4v) is 1.12. The van der Waals surface area contributed by atoms with Crippen molar-refractivity contribution in [1.29, 1.82) is 0 Å². The van der Waals surface area contributed by atoms with E-state index >= 15 is 0 Å². The van der Waals surface area contributed by atoms with Crippen molar-refractivity contribution in [3.8, 4) is 11.1 Å². The summed E-state index contributed by atoms with van der Waals surface area (Å²) in [6.07, 6.45) is 0. The predicted molar refractivity (Wildman–Crippen MR) is 49.6 cm³/mol. The maximum absolute atomic E-state index is 3.15. The average Bonchev–Trinajstić information content (AvgIpc) is 2.21. The predicted octanol–water partition coefficient (Wildman–Crippen LogP) is 2.95. The van der Waals surface area contributed by atoms with E-state index in [0.717, 1.165) is 11.1 Å². The minimum absolute atomic E-state index is 0. The van der Waals surface area contributed by atoms with Crippen LogP contribution in [0.2, 0.25) is 0 Å².